The van der Waals surface area contributed by atoms with E-state index in [1.54, 1.807) is 6.07 Å². The third-order valence-corrected chi connectivity index (χ3v) is 3.90. The number of nitrogens with one attached hydrogen (secondary N) is 1. The Morgan fingerprint density at radius 2 is 2.11 bits per heavy atom. The highest BCUT2D eigenvalue weighted by Crippen LogP contribution is 2.47. The van der Waals surface area contributed by atoms with Crippen LogP contribution in [0.15, 0.2) is 18.2 Å². The first-order valence-corrected chi connectivity index (χ1v) is 6.85. The number of aromatic hydroxyl groups is 1. The molecule has 1 aliphatic rings. The van der Waals surface area contributed by atoms with Gasteiger partial charge in [0.1, 0.15) is 0 Å². The number of phenolic OH excluding ortho intramolecular Hbond substituents is 1. The normalized spacial score (nSPS) is 16.6. The van der Waals surface area contributed by atoms with E-state index in [0.29, 0.717) is 24.3 Å². The summed E-state index contributed by atoms with van der Waals surface area (Å²) in [6.45, 7) is 6.49. The lowest BCUT2D eigenvalue weighted by Crippen LogP contribution is -2.23. The average molecular weight is 249 g/mol. The number of hydrogen-bond acceptors (Lipinski definition) is 3. The lowest BCUT2D eigenvalue weighted by molar-refractivity contribution is 0.316. The molecule has 0 amide bonds. The van der Waals surface area contributed by atoms with Crippen LogP contribution in [0.2, 0.25) is 0 Å². The number of ether oxygens (including phenoxy) is 1. The summed E-state index contributed by atoms with van der Waals surface area (Å²) in [7, 11) is 0. The fourth-order valence-electron chi connectivity index (χ4n) is 2.28. The molecule has 100 valence electrons. The van der Waals surface area contributed by atoms with E-state index in [4.69, 9.17) is 4.74 Å². The van der Waals surface area contributed by atoms with Crippen LogP contribution in [0.3, 0.4) is 0 Å². The minimum Gasteiger partial charge on any atom is -0.504 e. The van der Waals surface area contributed by atoms with E-state index in [9.17, 15) is 5.11 Å². The summed E-state index contributed by atoms with van der Waals surface area (Å²) in [6, 6.07) is 5.67. The maximum Gasteiger partial charge on any atom is 0.162 e. The molecule has 3 nitrogen and oxygen atoms in total. The molecule has 0 unspecified atom stereocenters. The molecule has 0 bridgehead atoms. The Labute approximate surface area is 109 Å². The van der Waals surface area contributed by atoms with Crippen molar-refractivity contribution in [3.8, 4) is 11.5 Å². The molecule has 2 rings (SSSR count). The van der Waals surface area contributed by atoms with Gasteiger partial charge in [0.2, 0.25) is 0 Å². The largest absolute Gasteiger partial charge is 0.504 e. The summed E-state index contributed by atoms with van der Waals surface area (Å²) in [5.41, 5.74) is 1.44. The van der Waals surface area contributed by atoms with Crippen molar-refractivity contribution in [1.82, 2.24) is 5.32 Å². The molecule has 18 heavy (non-hydrogen) atoms. The van der Waals surface area contributed by atoms with Crippen LogP contribution in [0, 0.1) is 5.41 Å². The van der Waals surface area contributed by atoms with Crippen LogP contribution in [-0.2, 0) is 6.54 Å². The third kappa shape index (κ3) is 2.96. The average Bonchev–Trinajstić information content (AvgIpc) is 3.15. The van der Waals surface area contributed by atoms with E-state index in [1.807, 2.05) is 19.1 Å². The number of para-hydroxylation sites is 1. The summed E-state index contributed by atoms with van der Waals surface area (Å²) in [4.78, 5) is 0. The second-order valence-electron chi connectivity index (χ2n) is 5.15. The number of rotatable bonds is 7. The monoisotopic (exact) mass is 249 g/mol. The molecule has 0 spiro atoms. The van der Waals surface area contributed by atoms with Gasteiger partial charge in [-0.25, -0.2) is 0 Å². The Morgan fingerprint density at radius 1 is 1.33 bits per heavy atom. The van der Waals surface area contributed by atoms with Gasteiger partial charge >= 0.3 is 0 Å². The molecule has 3 heteroatoms. The fraction of sp³-hybridized carbons (Fsp3) is 0.600. The zero-order valence-corrected chi connectivity index (χ0v) is 11.3. The van der Waals surface area contributed by atoms with Gasteiger partial charge in [-0.05, 0) is 37.7 Å². The first-order valence-electron chi connectivity index (χ1n) is 6.85. The fourth-order valence-corrected chi connectivity index (χ4v) is 2.28. The van der Waals surface area contributed by atoms with Gasteiger partial charge in [-0.3, -0.25) is 0 Å². The molecule has 0 saturated heterocycles. The minimum absolute atomic E-state index is 0.271. The van der Waals surface area contributed by atoms with Crippen molar-refractivity contribution in [2.45, 2.75) is 39.7 Å². The molecular weight excluding hydrogens is 226 g/mol. The zero-order chi connectivity index (χ0) is 13.0. The van der Waals surface area contributed by atoms with Crippen LogP contribution in [0.1, 0.15) is 38.7 Å². The van der Waals surface area contributed by atoms with E-state index in [-0.39, 0.29) is 5.75 Å². The molecule has 2 N–H and O–H groups in total. The quantitative estimate of drug-likeness (QED) is 0.780. The predicted molar refractivity (Wildman–Crippen MR) is 72.9 cm³/mol. The highest BCUT2D eigenvalue weighted by Gasteiger charge is 2.39. The summed E-state index contributed by atoms with van der Waals surface area (Å²) < 4.78 is 5.38. The topological polar surface area (TPSA) is 41.5 Å². The van der Waals surface area contributed by atoms with Crippen molar-refractivity contribution >= 4 is 0 Å². The molecular formula is C15H23NO2. The molecule has 0 heterocycles. The number of phenols is 1. The highest BCUT2D eigenvalue weighted by molar-refractivity contribution is 5.45. The Kier molecular flexibility index (Phi) is 4.12. The lowest BCUT2D eigenvalue weighted by Gasteiger charge is -2.15. The van der Waals surface area contributed by atoms with Crippen molar-refractivity contribution < 1.29 is 9.84 Å². The van der Waals surface area contributed by atoms with Crippen LogP contribution in [0.5, 0.6) is 11.5 Å². The number of benzene rings is 1. The van der Waals surface area contributed by atoms with Gasteiger partial charge in [0.15, 0.2) is 11.5 Å². The van der Waals surface area contributed by atoms with E-state index in [0.717, 1.165) is 12.1 Å². The first-order chi connectivity index (χ1) is 8.71. The smallest absolute Gasteiger partial charge is 0.162 e. The Morgan fingerprint density at radius 3 is 2.72 bits per heavy atom. The van der Waals surface area contributed by atoms with Crippen LogP contribution < -0.4 is 10.1 Å². The van der Waals surface area contributed by atoms with Crippen molar-refractivity contribution in [2.24, 2.45) is 5.41 Å². The van der Waals surface area contributed by atoms with Gasteiger partial charge in [0.25, 0.3) is 0 Å². The first kappa shape index (κ1) is 13.2. The highest BCUT2D eigenvalue weighted by atomic mass is 16.5. The standard InChI is InChI=1S/C15H23NO2/c1-3-15(8-9-15)11-16-10-12-6-5-7-13(14(12)17)18-4-2/h5-7,16-17H,3-4,8-11H2,1-2H3. The molecule has 1 fully saturated rings. The molecule has 1 aromatic carbocycles. The molecule has 0 radical (unpaired) electrons. The molecule has 1 saturated carbocycles. The van der Waals surface area contributed by atoms with E-state index in [1.165, 1.54) is 19.3 Å². The summed E-state index contributed by atoms with van der Waals surface area (Å²) in [5, 5.41) is 13.5. The Hall–Kier alpha value is -1.22. The van der Waals surface area contributed by atoms with Crippen molar-refractivity contribution in [1.29, 1.82) is 0 Å². The summed E-state index contributed by atoms with van der Waals surface area (Å²) in [5.74, 6) is 0.849. The van der Waals surface area contributed by atoms with Crippen LogP contribution in [0.4, 0.5) is 0 Å². The maximum atomic E-state index is 10.1. The Bertz CT molecular complexity index is 399. The van der Waals surface area contributed by atoms with Crippen molar-refractivity contribution in [3.05, 3.63) is 23.8 Å². The van der Waals surface area contributed by atoms with Crippen LogP contribution in [-0.4, -0.2) is 18.3 Å². The second kappa shape index (κ2) is 5.61. The van der Waals surface area contributed by atoms with Crippen LogP contribution in [0.25, 0.3) is 0 Å². The van der Waals surface area contributed by atoms with E-state index < -0.39 is 0 Å². The van der Waals surface area contributed by atoms with Gasteiger partial charge in [0.05, 0.1) is 6.61 Å². The van der Waals surface area contributed by atoms with Crippen LogP contribution >= 0.6 is 0 Å². The van der Waals surface area contributed by atoms with Gasteiger partial charge in [-0.2, -0.15) is 0 Å². The molecule has 0 atom stereocenters. The minimum atomic E-state index is 0.271. The summed E-state index contributed by atoms with van der Waals surface area (Å²) in [6.07, 6.45) is 3.91. The van der Waals surface area contributed by atoms with Gasteiger partial charge in [-0.15, -0.1) is 0 Å². The van der Waals surface area contributed by atoms with E-state index in [2.05, 4.69) is 12.2 Å². The molecule has 1 aliphatic carbocycles. The second-order valence-corrected chi connectivity index (χ2v) is 5.15. The lowest BCUT2D eigenvalue weighted by atomic mass is 10.0. The SMILES string of the molecule is CCOc1cccc(CNCC2(CC)CC2)c1O. The zero-order valence-electron chi connectivity index (χ0n) is 11.3. The van der Waals surface area contributed by atoms with Gasteiger partial charge in [0, 0.05) is 18.7 Å². The van der Waals surface area contributed by atoms with Crippen molar-refractivity contribution in [2.75, 3.05) is 13.2 Å². The van der Waals surface area contributed by atoms with E-state index >= 15 is 0 Å². The van der Waals surface area contributed by atoms with Gasteiger partial charge < -0.3 is 15.2 Å². The Balaban J connectivity index is 1.90. The third-order valence-electron chi connectivity index (χ3n) is 3.90. The predicted octanol–water partition coefficient (Wildman–Crippen LogP) is 3.07. The number of hydrogen-bond donors (Lipinski definition) is 2. The van der Waals surface area contributed by atoms with Crippen molar-refractivity contribution in [3.63, 3.8) is 0 Å². The van der Waals surface area contributed by atoms with Gasteiger partial charge in [-0.1, -0.05) is 19.1 Å². The maximum absolute atomic E-state index is 10.1. The summed E-state index contributed by atoms with van der Waals surface area (Å²) >= 11 is 0. The molecule has 1 aromatic rings. The molecule has 0 aliphatic heterocycles. The molecule has 0 aromatic heterocycles.